The summed E-state index contributed by atoms with van der Waals surface area (Å²) in [6, 6.07) is 0. The molecule has 0 aliphatic heterocycles. The SMILES string of the molecule is [Cl-].[Cl-].[Cl-].[Pt+][C]1=CC=CC1.[Pt+][C]1=CC=CC1.[Pt+][C]1=CC=CC1. The minimum absolute atomic E-state index is 0. The predicted octanol–water partition coefficient (Wildman–Crippen LogP) is -4.86. The van der Waals surface area contributed by atoms with Gasteiger partial charge in [0.1, 0.15) is 0 Å². The van der Waals surface area contributed by atoms with Crippen LogP contribution in [0.4, 0.5) is 0 Å². The fraction of sp³-hybridized carbons (Fsp3) is 0.200. The van der Waals surface area contributed by atoms with Gasteiger partial charge in [-0.3, -0.25) is 0 Å². The molecule has 0 atom stereocenters. The zero-order valence-electron chi connectivity index (χ0n) is 10.9. The van der Waals surface area contributed by atoms with Crippen LogP contribution in [0.15, 0.2) is 66.6 Å². The van der Waals surface area contributed by atoms with Gasteiger partial charge < -0.3 is 37.2 Å². The Labute approximate surface area is 180 Å². The molecule has 0 amide bonds. The van der Waals surface area contributed by atoms with Crippen molar-refractivity contribution in [3.63, 3.8) is 0 Å². The first-order valence-corrected chi connectivity index (χ1v) is 9.03. The molecule has 0 aromatic rings. The number of hydrogen-bond donors (Lipinski definition) is 0. The molecule has 0 spiro atoms. The topological polar surface area (TPSA) is 0 Å². The first-order chi connectivity index (χ1) is 8.68. The van der Waals surface area contributed by atoms with E-state index in [1.165, 1.54) is 11.9 Å². The third kappa shape index (κ3) is 16.0. The van der Waals surface area contributed by atoms with Crippen molar-refractivity contribution < 1.29 is 96.7 Å². The van der Waals surface area contributed by atoms with Crippen LogP contribution in [0.1, 0.15) is 19.3 Å². The second kappa shape index (κ2) is 17.7. The molecule has 0 N–H and O–H groups in total. The zero-order chi connectivity index (χ0) is 13.2. The first-order valence-electron chi connectivity index (χ1n) is 5.63. The number of halogens is 3. The van der Waals surface area contributed by atoms with E-state index in [1.54, 1.807) is 0 Å². The number of rotatable bonds is 0. The molecule has 21 heavy (non-hydrogen) atoms. The van der Waals surface area contributed by atoms with E-state index < -0.39 is 0 Å². The summed E-state index contributed by atoms with van der Waals surface area (Å²) in [4.78, 5) is 0. The van der Waals surface area contributed by atoms with Crippen LogP contribution in [0, 0.1) is 0 Å². The van der Waals surface area contributed by atoms with Gasteiger partial charge in [-0.2, -0.15) is 0 Å². The Morgan fingerprint density at radius 3 is 0.810 bits per heavy atom. The quantitative estimate of drug-likeness (QED) is 0.230. The second-order valence-corrected chi connectivity index (χ2v) is 8.00. The molecule has 0 saturated carbocycles. The van der Waals surface area contributed by atoms with Gasteiger partial charge in [0.15, 0.2) is 0 Å². The van der Waals surface area contributed by atoms with Crippen molar-refractivity contribution in [3.8, 4) is 0 Å². The molecule has 6 heteroatoms. The monoisotopic (exact) mass is 885 g/mol. The summed E-state index contributed by atoms with van der Waals surface area (Å²) in [5, 5.41) is 0. The molecule has 0 fully saturated rings. The van der Waals surface area contributed by atoms with Gasteiger partial charge in [-0.15, -0.1) is 0 Å². The van der Waals surface area contributed by atoms with Gasteiger partial charge in [-0.05, 0) is 0 Å². The van der Waals surface area contributed by atoms with Crippen molar-refractivity contribution in [2.45, 2.75) is 19.3 Å². The van der Waals surface area contributed by atoms with Crippen LogP contribution in [-0.4, -0.2) is 0 Å². The van der Waals surface area contributed by atoms with Crippen LogP contribution in [0.2, 0.25) is 0 Å². The molecule has 126 valence electrons. The molecule has 0 bridgehead atoms. The summed E-state index contributed by atoms with van der Waals surface area (Å²) in [6.45, 7) is 0. The van der Waals surface area contributed by atoms with Crippen molar-refractivity contribution >= 4 is 0 Å². The average Bonchev–Trinajstić information content (AvgIpc) is 3.05. The molecule has 0 saturated heterocycles. The van der Waals surface area contributed by atoms with E-state index in [-0.39, 0.29) is 37.2 Å². The van der Waals surface area contributed by atoms with Gasteiger partial charge >= 0.3 is 145 Å². The van der Waals surface area contributed by atoms with E-state index in [0.717, 1.165) is 19.3 Å². The van der Waals surface area contributed by atoms with E-state index in [2.05, 4.69) is 114 Å². The van der Waals surface area contributed by atoms with Crippen LogP contribution >= 0.6 is 0 Å². The van der Waals surface area contributed by atoms with Gasteiger partial charge in [0.25, 0.3) is 0 Å². The summed E-state index contributed by atoms with van der Waals surface area (Å²) in [5.41, 5.74) is 0. The molecule has 0 heterocycles. The van der Waals surface area contributed by atoms with Gasteiger partial charge in [0.05, 0.1) is 0 Å². The van der Waals surface area contributed by atoms with Crippen LogP contribution in [-0.2, 0) is 59.4 Å². The Bertz CT molecular complexity index is 381. The van der Waals surface area contributed by atoms with E-state index >= 15 is 0 Å². The molecule has 3 rings (SSSR count). The molecule has 3 aliphatic rings. The predicted molar refractivity (Wildman–Crippen MR) is 65.5 cm³/mol. The van der Waals surface area contributed by atoms with Crippen molar-refractivity contribution in [2.24, 2.45) is 0 Å². The first kappa shape index (κ1) is 27.2. The Balaban J connectivity index is -0.000000216. The van der Waals surface area contributed by atoms with Crippen molar-refractivity contribution in [2.75, 3.05) is 0 Å². The third-order valence-corrected chi connectivity index (χ3v) is 4.64. The Morgan fingerprint density at radius 1 is 0.524 bits per heavy atom. The molecule has 0 unspecified atom stereocenters. The van der Waals surface area contributed by atoms with Crippen LogP contribution in [0.5, 0.6) is 0 Å². The van der Waals surface area contributed by atoms with E-state index in [1.807, 2.05) is 0 Å². The zero-order valence-corrected chi connectivity index (χ0v) is 20.0. The normalized spacial score (nSPS) is 16.0. The number of allylic oxidation sites excluding steroid dienone is 12. The van der Waals surface area contributed by atoms with Gasteiger partial charge in [0, 0.05) is 0 Å². The molecule has 0 aromatic heterocycles. The summed E-state index contributed by atoms with van der Waals surface area (Å²) < 4.78 is 4.32. The minimum atomic E-state index is 0. The fourth-order valence-corrected chi connectivity index (χ4v) is 2.68. The van der Waals surface area contributed by atoms with Crippen molar-refractivity contribution in [1.82, 2.24) is 0 Å². The van der Waals surface area contributed by atoms with E-state index in [4.69, 9.17) is 0 Å². The molecule has 0 aromatic carbocycles. The van der Waals surface area contributed by atoms with Gasteiger partial charge in [-0.1, -0.05) is 0 Å². The summed E-state index contributed by atoms with van der Waals surface area (Å²) in [7, 11) is 0. The molecular formula is C15H15Cl3Pt3. The Morgan fingerprint density at radius 2 is 0.762 bits per heavy atom. The Kier molecular flexibility index (Phi) is 23.0. The van der Waals surface area contributed by atoms with Crippen molar-refractivity contribution in [1.29, 1.82) is 0 Å². The molecule has 3 aliphatic carbocycles. The number of hydrogen-bond acceptors (Lipinski definition) is 0. The van der Waals surface area contributed by atoms with Crippen LogP contribution < -0.4 is 37.2 Å². The summed E-state index contributed by atoms with van der Waals surface area (Å²) >= 11 is 6.95. The maximum atomic E-state index is 2.32. The molecular weight excluding hydrogens is 872 g/mol. The van der Waals surface area contributed by atoms with Gasteiger partial charge in [-0.25, -0.2) is 0 Å². The maximum absolute atomic E-state index is 2.32. The van der Waals surface area contributed by atoms with Crippen LogP contribution in [0.25, 0.3) is 0 Å². The molecule has 0 nitrogen and oxygen atoms in total. The van der Waals surface area contributed by atoms with Crippen molar-refractivity contribution in [3.05, 3.63) is 66.6 Å². The fourth-order valence-electron chi connectivity index (χ4n) is 1.22. The van der Waals surface area contributed by atoms with E-state index in [9.17, 15) is 0 Å². The third-order valence-electron chi connectivity index (χ3n) is 2.11. The summed E-state index contributed by atoms with van der Waals surface area (Å²) in [5.74, 6) is 0. The average molecular weight is 887 g/mol. The Hall–Kier alpha value is 1.37. The molecule has 0 radical (unpaired) electrons. The van der Waals surface area contributed by atoms with Crippen LogP contribution in [0.3, 0.4) is 0 Å². The van der Waals surface area contributed by atoms with E-state index in [0.29, 0.717) is 0 Å². The second-order valence-electron chi connectivity index (χ2n) is 3.62. The standard InChI is InChI=1S/3C5H5.3ClH.3Pt/c3*1-2-4-5-3-1;;;;;;/h3*1-3H,4H2;3*1H;;;/q;;;;;;3*+1/p-3. The summed E-state index contributed by atoms with van der Waals surface area (Å²) in [6.07, 6.45) is 22.6. The van der Waals surface area contributed by atoms with Gasteiger partial charge in [0.2, 0.25) is 0 Å².